The van der Waals surface area contributed by atoms with E-state index in [1.54, 1.807) is 7.11 Å². The number of nitro groups is 1. The van der Waals surface area contributed by atoms with Crippen LogP contribution in [0.4, 0.5) is 5.69 Å². The van der Waals surface area contributed by atoms with Gasteiger partial charge in [-0.25, -0.2) is 0 Å². The van der Waals surface area contributed by atoms with Crippen LogP contribution in [0.3, 0.4) is 0 Å². The van der Waals surface area contributed by atoms with E-state index >= 15 is 0 Å². The van der Waals surface area contributed by atoms with E-state index in [-0.39, 0.29) is 16.8 Å². The predicted molar refractivity (Wildman–Crippen MR) is 74.8 cm³/mol. The van der Waals surface area contributed by atoms with Gasteiger partial charge in [0.1, 0.15) is 23.0 Å². The summed E-state index contributed by atoms with van der Waals surface area (Å²) in [5, 5.41) is 20.4. The summed E-state index contributed by atoms with van der Waals surface area (Å²) in [6, 6.07) is 4.14. The number of nitro benzene ring substituents is 1. The fraction of sp³-hybridized carbons (Fsp3) is 0.538. The zero-order valence-corrected chi connectivity index (χ0v) is 12.2. The highest BCUT2D eigenvalue weighted by atomic mass is 35.5. The molecule has 1 aromatic rings. The third kappa shape index (κ3) is 3.82. The molecule has 21 heavy (non-hydrogen) atoms. The normalized spacial score (nSPS) is 24.4. The lowest BCUT2D eigenvalue weighted by atomic mass is 9.88. The molecule has 0 spiro atoms. The number of hydrogen-bond acceptors (Lipinski definition) is 6. The maximum Gasteiger partial charge on any atom is 0.288 e. The molecule has 0 aliphatic heterocycles. The smallest absolute Gasteiger partial charge is 0.288 e. The number of aliphatic hydroxyl groups excluding tert-OH is 1. The first-order valence-electron chi connectivity index (χ1n) is 6.42. The minimum atomic E-state index is -0.583. The van der Waals surface area contributed by atoms with Crippen LogP contribution in [0, 0.1) is 10.1 Å². The summed E-state index contributed by atoms with van der Waals surface area (Å²) in [4.78, 5) is 10.1. The molecule has 0 bridgehead atoms. The molecule has 8 heteroatoms. The van der Waals surface area contributed by atoms with E-state index < -0.39 is 17.1 Å². The molecule has 7 nitrogen and oxygen atoms in total. The number of ether oxygens (including phenoxy) is 3. The van der Waals surface area contributed by atoms with Crippen molar-refractivity contribution < 1.29 is 24.2 Å². The molecule has 1 fully saturated rings. The van der Waals surface area contributed by atoms with Gasteiger partial charge >= 0.3 is 0 Å². The molecular weight excluding hydrogens is 302 g/mol. The summed E-state index contributed by atoms with van der Waals surface area (Å²) in [5.41, 5.74) is -0.175. The van der Waals surface area contributed by atoms with E-state index in [2.05, 4.69) is 0 Å². The lowest BCUT2D eigenvalue weighted by molar-refractivity contribution is -0.384. The van der Waals surface area contributed by atoms with E-state index in [4.69, 9.17) is 25.8 Å². The van der Waals surface area contributed by atoms with Gasteiger partial charge in [0.25, 0.3) is 5.69 Å². The fourth-order valence-electron chi connectivity index (χ4n) is 2.04. The Labute approximate surface area is 126 Å². The van der Waals surface area contributed by atoms with Crippen LogP contribution in [0.15, 0.2) is 18.2 Å². The van der Waals surface area contributed by atoms with Gasteiger partial charge in [0, 0.05) is 25.7 Å². The molecule has 0 heterocycles. The van der Waals surface area contributed by atoms with Crippen molar-refractivity contribution in [1.29, 1.82) is 0 Å². The molecule has 1 saturated carbocycles. The van der Waals surface area contributed by atoms with Gasteiger partial charge < -0.3 is 19.3 Å². The van der Waals surface area contributed by atoms with Crippen LogP contribution in [0.25, 0.3) is 0 Å². The summed E-state index contributed by atoms with van der Waals surface area (Å²) in [6.07, 6.45) is -0.893. The minimum Gasteiger partial charge on any atom is -0.487 e. The topological polar surface area (TPSA) is 91.1 Å². The molecule has 0 aromatic heterocycles. The van der Waals surface area contributed by atoms with Crippen molar-refractivity contribution in [3.63, 3.8) is 0 Å². The number of benzene rings is 1. The zero-order chi connectivity index (χ0) is 15.4. The van der Waals surface area contributed by atoms with E-state index in [9.17, 15) is 15.2 Å². The summed E-state index contributed by atoms with van der Waals surface area (Å²) in [5.74, 6) is 0.405. The second-order valence-corrected chi connectivity index (χ2v) is 5.07. The first-order chi connectivity index (χ1) is 10.0. The molecule has 1 aliphatic rings. The SMILES string of the molecule is COCCOC1C(O)CC1Oc1ccc([N+](=O)[O-])c(Cl)c1. The average molecular weight is 318 g/mol. The Balaban J connectivity index is 1.95. The second kappa shape index (κ2) is 7.04. The summed E-state index contributed by atoms with van der Waals surface area (Å²) in [7, 11) is 1.56. The highest BCUT2D eigenvalue weighted by Crippen LogP contribution is 2.33. The predicted octanol–water partition coefficient (Wildman–Crippen LogP) is 1.79. The third-order valence-electron chi connectivity index (χ3n) is 3.22. The Kier molecular flexibility index (Phi) is 5.35. The molecule has 116 valence electrons. The Hall–Kier alpha value is -1.41. The number of hydrogen-bond donors (Lipinski definition) is 1. The van der Waals surface area contributed by atoms with Crippen molar-refractivity contribution in [3.8, 4) is 5.75 Å². The maximum absolute atomic E-state index is 10.7. The van der Waals surface area contributed by atoms with Crippen LogP contribution >= 0.6 is 11.6 Å². The van der Waals surface area contributed by atoms with Crippen LogP contribution in [0.5, 0.6) is 5.75 Å². The molecule has 1 aromatic carbocycles. The quantitative estimate of drug-likeness (QED) is 0.468. The Morgan fingerprint density at radius 1 is 1.48 bits per heavy atom. The third-order valence-corrected chi connectivity index (χ3v) is 3.52. The van der Waals surface area contributed by atoms with Gasteiger partial charge in [-0.05, 0) is 6.07 Å². The standard InChI is InChI=1S/C13H16ClNO6/c1-19-4-5-20-13-11(16)7-12(13)21-8-2-3-10(15(17)18)9(14)6-8/h2-3,6,11-13,16H,4-5,7H2,1H3. The van der Waals surface area contributed by atoms with Gasteiger partial charge in [0.15, 0.2) is 0 Å². The van der Waals surface area contributed by atoms with Gasteiger partial charge in [-0.3, -0.25) is 10.1 Å². The van der Waals surface area contributed by atoms with Crippen molar-refractivity contribution in [1.82, 2.24) is 0 Å². The maximum atomic E-state index is 10.7. The lowest BCUT2D eigenvalue weighted by Crippen LogP contribution is -2.55. The highest BCUT2D eigenvalue weighted by Gasteiger charge is 2.43. The number of halogens is 1. The van der Waals surface area contributed by atoms with Crippen LogP contribution in [-0.2, 0) is 9.47 Å². The average Bonchev–Trinajstić information content (AvgIpc) is 2.42. The van der Waals surface area contributed by atoms with E-state index in [0.717, 1.165) is 0 Å². The monoisotopic (exact) mass is 317 g/mol. The number of nitrogens with zero attached hydrogens (tertiary/aromatic N) is 1. The van der Waals surface area contributed by atoms with Crippen molar-refractivity contribution in [3.05, 3.63) is 33.3 Å². The van der Waals surface area contributed by atoms with Gasteiger partial charge in [0.05, 0.1) is 24.2 Å². The molecule has 0 amide bonds. The van der Waals surface area contributed by atoms with Crippen LogP contribution < -0.4 is 4.74 Å². The van der Waals surface area contributed by atoms with Gasteiger partial charge in [-0.15, -0.1) is 0 Å². The van der Waals surface area contributed by atoms with E-state index in [1.165, 1.54) is 18.2 Å². The van der Waals surface area contributed by atoms with Crippen molar-refractivity contribution in [2.24, 2.45) is 0 Å². The number of aliphatic hydroxyl groups is 1. The molecule has 0 saturated heterocycles. The Morgan fingerprint density at radius 2 is 2.24 bits per heavy atom. The lowest BCUT2D eigenvalue weighted by Gasteiger charge is -2.40. The van der Waals surface area contributed by atoms with Crippen molar-refractivity contribution in [2.75, 3.05) is 20.3 Å². The van der Waals surface area contributed by atoms with E-state index in [1.807, 2.05) is 0 Å². The summed E-state index contributed by atoms with van der Waals surface area (Å²) in [6.45, 7) is 0.790. The molecule has 2 rings (SSSR count). The molecule has 3 unspecified atom stereocenters. The first-order valence-corrected chi connectivity index (χ1v) is 6.80. The largest absolute Gasteiger partial charge is 0.487 e. The van der Waals surface area contributed by atoms with Gasteiger partial charge in [0.2, 0.25) is 0 Å². The Bertz CT molecular complexity index is 511. The Morgan fingerprint density at radius 3 is 2.81 bits per heavy atom. The van der Waals surface area contributed by atoms with Gasteiger partial charge in [-0.2, -0.15) is 0 Å². The molecule has 1 N–H and O–H groups in total. The number of rotatable bonds is 7. The van der Waals surface area contributed by atoms with Crippen molar-refractivity contribution >= 4 is 17.3 Å². The van der Waals surface area contributed by atoms with Gasteiger partial charge in [-0.1, -0.05) is 11.6 Å². The number of methoxy groups -OCH3 is 1. The minimum absolute atomic E-state index is 0.00854. The fourth-order valence-corrected chi connectivity index (χ4v) is 2.28. The first kappa shape index (κ1) is 16.0. The van der Waals surface area contributed by atoms with E-state index in [0.29, 0.717) is 25.4 Å². The van der Waals surface area contributed by atoms with Crippen molar-refractivity contribution in [2.45, 2.75) is 24.7 Å². The molecule has 0 radical (unpaired) electrons. The molecule has 3 atom stereocenters. The summed E-state index contributed by atoms with van der Waals surface area (Å²) < 4.78 is 16.0. The second-order valence-electron chi connectivity index (χ2n) is 4.66. The molecular formula is C13H16ClNO6. The highest BCUT2D eigenvalue weighted by molar-refractivity contribution is 6.32. The zero-order valence-electron chi connectivity index (χ0n) is 11.4. The van der Waals surface area contributed by atoms with Crippen LogP contribution in [0.1, 0.15) is 6.42 Å². The molecule has 1 aliphatic carbocycles. The summed E-state index contributed by atoms with van der Waals surface area (Å²) >= 11 is 5.82. The van der Waals surface area contributed by atoms with Crippen LogP contribution in [0.2, 0.25) is 5.02 Å². The van der Waals surface area contributed by atoms with Crippen LogP contribution in [-0.4, -0.2) is 48.7 Å².